The molecule has 2 rings (SSSR count). The fourth-order valence-corrected chi connectivity index (χ4v) is 3.13. The van der Waals surface area contributed by atoms with Gasteiger partial charge in [-0.15, -0.1) is 0 Å². The topological polar surface area (TPSA) is 33.3 Å². The first kappa shape index (κ1) is 11.4. The molecule has 2 N–H and O–H groups in total. The van der Waals surface area contributed by atoms with Crippen LogP contribution in [0.25, 0.3) is 0 Å². The number of nitrogens with one attached hydrogen (secondary N) is 2. The molecule has 88 valence electrons. The molecule has 0 aromatic rings. The number of methoxy groups -OCH3 is 1. The highest BCUT2D eigenvalue weighted by Crippen LogP contribution is 2.28. The number of ether oxygens (including phenoxy) is 1. The molecule has 2 heterocycles. The Hall–Kier alpha value is -0.120. The highest BCUT2D eigenvalue weighted by Gasteiger charge is 2.35. The van der Waals surface area contributed by atoms with Crippen LogP contribution in [0, 0.1) is 5.92 Å². The molecule has 0 aliphatic carbocycles. The average Bonchev–Trinajstić information content (AvgIpc) is 2.78. The molecule has 0 spiro atoms. The maximum absolute atomic E-state index is 5.27. The van der Waals surface area contributed by atoms with E-state index >= 15 is 0 Å². The van der Waals surface area contributed by atoms with Crippen molar-refractivity contribution in [2.75, 3.05) is 26.8 Å². The molecule has 0 saturated carbocycles. The SMILES string of the molecule is COCC1(C)CC(CC2CCCN2)CN1. The molecular weight excluding hydrogens is 188 g/mol. The summed E-state index contributed by atoms with van der Waals surface area (Å²) in [7, 11) is 1.79. The lowest BCUT2D eigenvalue weighted by Gasteiger charge is -2.23. The first-order valence-corrected chi connectivity index (χ1v) is 6.19. The summed E-state index contributed by atoms with van der Waals surface area (Å²) >= 11 is 0. The minimum Gasteiger partial charge on any atom is -0.383 e. The van der Waals surface area contributed by atoms with Crippen LogP contribution in [0.5, 0.6) is 0 Å². The molecule has 3 atom stereocenters. The maximum atomic E-state index is 5.27. The van der Waals surface area contributed by atoms with Crippen molar-refractivity contribution < 1.29 is 4.74 Å². The van der Waals surface area contributed by atoms with Crippen molar-refractivity contribution in [1.82, 2.24) is 10.6 Å². The summed E-state index contributed by atoms with van der Waals surface area (Å²) in [5.41, 5.74) is 0.220. The molecule has 3 nitrogen and oxygen atoms in total. The summed E-state index contributed by atoms with van der Waals surface area (Å²) in [5.74, 6) is 0.834. The molecule has 15 heavy (non-hydrogen) atoms. The zero-order valence-corrected chi connectivity index (χ0v) is 10.0. The van der Waals surface area contributed by atoms with Crippen LogP contribution >= 0.6 is 0 Å². The number of rotatable bonds is 4. The summed E-state index contributed by atoms with van der Waals surface area (Å²) in [6, 6.07) is 0.779. The van der Waals surface area contributed by atoms with Crippen molar-refractivity contribution >= 4 is 0 Å². The van der Waals surface area contributed by atoms with E-state index in [0.29, 0.717) is 0 Å². The van der Waals surface area contributed by atoms with Crippen LogP contribution in [0.3, 0.4) is 0 Å². The third-order valence-electron chi connectivity index (χ3n) is 3.80. The van der Waals surface area contributed by atoms with E-state index in [4.69, 9.17) is 4.74 Å². The van der Waals surface area contributed by atoms with Gasteiger partial charge in [0.05, 0.1) is 6.61 Å². The second-order valence-electron chi connectivity index (χ2n) is 5.47. The zero-order valence-electron chi connectivity index (χ0n) is 10.0. The molecule has 3 heteroatoms. The Labute approximate surface area is 93.0 Å². The third-order valence-corrected chi connectivity index (χ3v) is 3.80. The van der Waals surface area contributed by atoms with E-state index in [-0.39, 0.29) is 5.54 Å². The highest BCUT2D eigenvalue weighted by atomic mass is 16.5. The second-order valence-corrected chi connectivity index (χ2v) is 5.47. The van der Waals surface area contributed by atoms with Crippen molar-refractivity contribution in [1.29, 1.82) is 0 Å². The quantitative estimate of drug-likeness (QED) is 0.733. The maximum Gasteiger partial charge on any atom is 0.0641 e. The second kappa shape index (κ2) is 4.81. The van der Waals surface area contributed by atoms with E-state index in [9.17, 15) is 0 Å². The molecular formula is C12H24N2O. The van der Waals surface area contributed by atoms with Gasteiger partial charge in [0.15, 0.2) is 0 Å². The van der Waals surface area contributed by atoms with Gasteiger partial charge in [-0.25, -0.2) is 0 Å². The van der Waals surface area contributed by atoms with Gasteiger partial charge in [0.2, 0.25) is 0 Å². The molecule has 0 amide bonds. The van der Waals surface area contributed by atoms with E-state index < -0.39 is 0 Å². The molecule has 3 unspecified atom stereocenters. The molecule has 0 aromatic heterocycles. The van der Waals surface area contributed by atoms with Crippen LogP contribution in [0.15, 0.2) is 0 Å². The summed E-state index contributed by atoms with van der Waals surface area (Å²) in [6.07, 6.45) is 5.34. The smallest absolute Gasteiger partial charge is 0.0641 e. The Bertz CT molecular complexity index is 204. The molecule has 0 bridgehead atoms. The average molecular weight is 212 g/mol. The predicted octanol–water partition coefficient (Wildman–Crippen LogP) is 1.14. The van der Waals surface area contributed by atoms with Crippen LogP contribution in [0.1, 0.15) is 32.6 Å². The normalized spacial score (nSPS) is 41.2. The Balaban J connectivity index is 1.76. The van der Waals surface area contributed by atoms with Crippen molar-refractivity contribution in [2.24, 2.45) is 5.92 Å². The summed E-state index contributed by atoms with van der Waals surface area (Å²) in [4.78, 5) is 0. The van der Waals surface area contributed by atoms with Crippen molar-refractivity contribution in [3.63, 3.8) is 0 Å². The Morgan fingerprint density at radius 2 is 2.33 bits per heavy atom. The zero-order chi connectivity index (χ0) is 10.7. The van der Waals surface area contributed by atoms with Crippen molar-refractivity contribution in [3.8, 4) is 0 Å². The Kier molecular flexibility index (Phi) is 3.65. The van der Waals surface area contributed by atoms with Gasteiger partial charge < -0.3 is 15.4 Å². The lowest BCUT2D eigenvalue weighted by atomic mass is 9.91. The van der Waals surface area contributed by atoms with Gasteiger partial charge in [0, 0.05) is 18.7 Å². The lowest BCUT2D eigenvalue weighted by Crippen LogP contribution is -2.40. The van der Waals surface area contributed by atoms with Gasteiger partial charge in [0.1, 0.15) is 0 Å². The van der Waals surface area contributed by atoms with Gasteiger partial charge in [-0.2, -0.15) is 0 Å². The fraction of sp³-hybridized carbons (Fsp3) is 1.00. The molecule has 0 aromatic carbocycles. The Morgan fingerprint density at radius 3 is 3.00 bits per heavy atom. The summed E-state index contributed by atoms with van der Waals surface area (Å²) in [6.45, 7) is 5.50. The van der Waals surface area contributed by atoms with E-state index in [1.54, 1.807) is 7.11 Å². The number of hydrogen-bond acceptors (Lipinski definition) is 3. The standard InChI is InChI=1S/C12H24N2O/c1-12(9-15-2)7-10(8-14-12)6-11-4-3-5-13-11/h10-11,13-14H,3-9H2,1-2H3. The predicted molar refractivity (Wildman–Crippen MR) is 62.0 cm³/mol. The largest absolute Gasteiger partial charge is 0.383 e. The molecule has 2 fully saturated rings. The van der Waals surface area contributed by atoms with E-state index in [0.717, 1.165) is 25.1 Å². The lowest BCUT2D eigenvalue weighted by molar-refractivity contribution is 0.128. The molecule has 2 aliphatic rings. The summed E-state index contributed by atoms with van der Waals surface area (Å²) in [5, 5.41) is 7.19. The van der Waals surface area contributed by atoms with Crippen LogP contribution in [0.2, 0.25) is 0 Å². The first-order valence-electron chi connectivity index (χ1n) is 6.19. The van der Waals surface area contributed by atoms with Crippen LogP contribution < -0.4 is 10.6 Å². The van der Waals surface area contributed by atoms with Gasteiger partial charge in [-0.1, -0.05) is 0 Å². The highest BCUT2D eigenvalue weighted by molar-refractivity contribution is 4.94. The fourth-order valence-electron chi connectivity index (χ4n) is 3.13. The monoisotopic (exact) mass is 212 g/mol. The van der Waals surface area contributed by atoms with Crippen LogP contribution in [-0.4, -0.2) is 38.4 Å². The Morgan fingerprint density at radius 1 is 1.47 bits per heavy atom. The van der Waals surface area contributed by atoms with Crippen molar-refractivity contribution in [3.05, 3.63) is 0 Å². The van der Waals surface area contributed by atoms with Gasteiger partial charge in [0.25, 0.3) is 0 Å². The van der Waals surface area contributed by atoms with Gasteiger partial charge in [-0.3, -0.25) is 0 Å². The van der Waals surface area contributed by atoms with E-state index in [1.807, 2.05) is 0 Å². The first-order chi connectivity index (χ1) is 7.22. The minimum atomic E-state index is 0.220. The molecule has 0 radical (unpaired) electrons. The van der Waals surface area contributed by atoms with Gasteiger partial charge >= 0.3 is 0 Å². The van der Waals surface area contributed by atoms with Crippen molar-refractivity contribution in [2.45, 2.75) is 44.2 Å². The summed E-state index contributed by atoms with van der Waals surface area (Å²) < 4.78 is 5.27. The van der Waals surface area contributed by atoms with E-state index in [2.05, 4.69) is 17.6 Å². The van der Waals surface area contributed by atoms with Crippen LogP contribution in [0.4, 0.5) is 0 Å². The van der Waals surface area contributed by atoms with E-state index in [1.165, 1.54) is 32.2 Å². The molecule has 2 saturated heterocycles. The minimum absolute atomic E-state index is 0.220. The third kappa shape index (κ3) is 2.92. The number of hydrogen-bond donors (Lipinski definition) is 2. The molecule has 2 aliphatic heterocycles. The van der Waals surface area contributed by atoms with Gasteiger partial charge in [-0.05, 0) is 51.6 Å². The van der Waals surface area contributed by atoms with Crippen LogP contribution in [-0.2, 0) is 4.74 Å².